The van der Waals surface area contributed by atoms with Crippen LogP contribution in [-0.2, 0) is 4.74 Å². The van der Waals surface area contributed by atoms with E-state index < -0.39 is 0 Å². The molecular weight excluding hydrogens is 312 g/mol. The molecule has 0 saturated carbocycles. The van der Waals surface area contributed by atoms with Crippen LogP contribution in [0.1, 0.15) is 19.1 Å². The molecule has 7 nitrogen and oxygen atoms in total. The normalized spacial score (nSPS) is 17.7. The van der Waals surface area contributed by atoms with Crippen LogP contribution in [0, 0.1) is 0 Å². The van der Waals surface area contributed by atoms with E-state index in [9.17, 15) is 0 Å². The number of aromatic nitrogens is 4. The Balaban J connectivity index is 1.75. The number of nitrogens with two attached hydrogens (primary N) is 1. The molecule has 1 atom stereocenters. The van der Waals surface area contributed by atoms with Gasteiger partial charge in [-0.2, -0.15) is 0 Å². The summed E-state index contributed by atoms with van der Waals surface area (Å²) in [6, 6.07) is 7.43. The quantitative estimate of drug-likeness (QED) is 0.389. The van der Waals surface area contributed by atoms with Gasteiger partial charge in [0.2, 0.25) is 0 Å². The molecule has 1 aliphatic heterocycles. The summed E-state index contributed by atoms with van der Waals surface area (Å²) in [7, 11) is 0. The first kappa shape index (κ1) is 14.3. The fourth-order valence-electron chi connectivity index (χ4n) is 2.69. The molecule has 0 radical (unpaired) electrons. The van der Waals surface area contributed by atoms with Crippen LogP contribution in [0.15, 0.2) is 35.7 Å². The first-order valence-corrected chi connectivity index (χ1v) is 7.83. The minimum atomic E-state index is -0.0213. The lowest BCUT2D eigenvalue weighted by Crippen LogP contribution is -2.07. The zero-order valence-corrected chi connectivity index (χ0v) is 13.2. The van der Waals surface area contributed by atoms with Gasteiger partial charge in [0.05, 0.1) is 6.33 Å². The Hall–Kier alpha value is -2.32. The van der Waals surface area contributed by atoms with Gasteiger partial charge in [-0.3, -0.25) is 4.57 Å². The first-order valence-electron chi connectivity index (χ1n) is 7.38. The zero-order valence-electron chi connectivity index (χ0n) is 12.3. The molecule has 1 fully saturated rings. The molecule has 8 heteroatoms. The van der Waals surface area contributed by atoms with Crippen molar-refractivity contribution in [3.8, 4) is 0 Å². The van der Waals surface area contributed by atoms with E-state index in [-0.39, 0.29) is 6.23 Å². The number of anilines is 3. The van der Waals surface area contributed by atoms with Crippen molar-refractivity contribution < 1.29 is 4.74 Å². The molecule has 23 heavy (non-hydrogen) atoms. The average Bonchev–Trinajstić information content (AvgIpc) is 3.18. The second-order valence-corrected chi connectivity index (χ2v) is 5.81. The molecule has 0 aliphatic carbocycles. The van der Waals surface area contributed by atoms with Gasteiger partial charge in [-0.25, -0.2) is 15.0 Å². The number of imidazole rings is 1. The van der Waals surface area contributed by atoms with Gasteiger partial charge in [0, 0.05) is 18.0 Å². The Morgan fingerprint density at radius 2 is 2.09 bits per heavy atom. The molecule has 4 rings (SSSR count). The third-order valence-electron chi connectivity index (χ3n) is 3.80. The summed E-state index contributed by atoms with van der Waals surface area (Å²) in [6.07, 6.45) is 3.72. The number of rotatable bonds is 3. The van der Waals surface area contributed by atoms with Crippen molar-refractivity contribution in [2.24, 2.45) is 0 Å². The number of hydrogen-bond acceptors (Lipinski definition) is 7. The highest BCUT2D eigenvalue weighted by molar-refractivity contribution is 7.80. The van der Waals surface area contributed by atoms with E-state index in [1.165, 1.54) is 0 Å². The van der Waals surface area contributed by atoms with Crippen LogP contribution in [-0.4, -0.2) is 26.1 Å². The van der Waals surface area contributed by atoms with Crippen molar-refractivity contribution in [1.82, 2.24) is 19.5 Å². The second kappa shape index (κ2) is 5.71. The highest BCUT2D eigenvalue weighted by Crippen LogP contribution is 2.29. The lowest BCUT2D eigenvalue weighted by molar-refractivity contribution is 0.0592. The molecule has 1 aromatic carbocycles. The van der Waals surface area contributed by atoms with Gasteiger partial charge < -0.3 is 15.8 Å². The summed E-state index contributed by atoms with van der Waals surface area (Å²) in [6.45, 7) is 0.764. The summed E-state index contributed by atoms with van der Waals surface area (Å²) >= 11 is 4.31. The summed E-state index contributed by atoms with van der Waals surface area (Å²) in [5.74, 6) is 0.613. The monoisotopic (exact) mass is 328 g/mol. The van der Waals surface area contributed by atoms with Crippen molar-refractivity contribution >= 4 is 41.0 Å². The topological polar surface area (TPSA) is 90.9 Å². The van der Waals surface area contributed by atoms with Crippen molar-refractivity contribution in [3.63, 3.8) is 0 Å². The predicted molar refractivity (Wildman–Crippen MR) is 90.9 cm³/mol. The Morgan fingerprint density at radius 3 is 2.83 bits per heavy atom. The maximum atomic E-state index is 5.72. The molecule has 1 saturated heterocycles. The third-order valence-corrected chi connectivity index (χ3v) is 4.00. The fraction of sp³-hybridized carbons (Fsp3) is 0.267. The smallest absolute Gasteiger partial charge is 0.188 e. The Morgan fingerprint density at radius 1 is 1.26 bits per heavy atom. The van der Waals surface area contributed by atoms with Crippen molar-refractivity contribution in [3.05, 3.63) is 30.6 Å². The number of nitrogens with zero attached hydrogens (tertiary/aromatic N) is 4. The highest BCUT2D eigenvalue weighted by atomic mass is 32.1. The zero-order chi connectivity index (χ0) is 15.8. The third kappa shape index (κ3) is 2.71. The predicted octanol–water partition coefficient (Wildman–Crippen LogP) is 2.75. The summed E-state index contributed by atoms with van der Waals surface area (Å²) < 4.78 is 7.66. The highest BCUT2D eigenvalue weighted by Gasteiger charge is 2.22. The lowest BCUT2D eigenvalue weighted by Gasteiger charge is -2.12. The molecular formula is C15H16N6OS. The molecule has 1 unspecified atom stereocenters. The lowest BCUT2D eigenvalue weighted by atomic mass is 10.3. The number of fused-ring (bicyclic) bond motifs is 1. The summed E-state index contributed by atoms with van der Waals surface area (Å²) in [5.41, 5.74) is 8.70. The van der Waals surface area contributed by atoms with Crippen molar-refractivity contribution in [2.45, 2.75) is 24.2 Å². The SMILES string of the molecule is Nc1ccc(Nc2nc(S)nc3c2ncn3C2CCCO2)cc1. The molecule has 1 aliphatic rings. The van der Waals surface area contributed by atoms with E-state index >= 15 is 0 Å². The van der Waals surface area contributed by atoms with Crippen LogP contribution < -0.4 is 11.1 Å². The van der Waals surface area contributed by atoms with Gasteiger partial charge in [0.15, 0.2) is 22.1 Å². The first-order chi connectivity index (χ1) is 11.2. The Bertz CT molecular complexity index is 841. The molecule has 3 N–H and O–H groups in total. The van der Waals surface area contributed by atoms with Gasteiger partial charge in [-0.05, 0) is 37.1 Å². The second-order valence-electron chi connectivity index (χ2n) is 5.41. The largest absolute Gasteiger partial charge is 0.399 e. The number of ether oxygens (including phenoxy) is 1. The maximum Gasteiger partial charge on any atom is 0.188 e. The average molecular weight is 328 g/mol. The van der Waals surface area contributed by atoms with Crippen LogP contribution in [0.3, 0.4) is 0 Å². The van der Waals surface area contributed by atoms with Crippen molar-refractivity contribution in [2.75, 3.05) is 17.7 Å². The minimum absolute atomic E-state index is 0.0213. The minimum Gasteiger partial charge on any atom is -0.399 e. The van der Waals surface area contributed by atoms with E-state index in [1.54, 1.807) is 6.33 Å². The van der Waals surface area contributed by atoms with Crippen LogP contribution in [0.4, 0.5) is 17.2 Å². The van der Waals surface area contributed by atoms with Crippen LogP contribution >= 0.6 is 12.6 Å². The van der Waals surface area contributed by atoms with E-state index in [2.05, 4.69) is 32.9 Å². The van der Waals surface area contributed by atoms with Gasteiger partial charge in [-0.15, -0.1) is 12.6 Å². The van der Waals surface area contributed by atoms with Crippen molar-refractivity contribution in [1.29, 1.82) is 0 Å². The number of benzene rings is 1. The molecule has 0 amide bonds. The Labute approximate surface area is 138 Å². The van der Waals surface area contributed by atoms with Crippen LogP contribution in [0.5, 0.6) is 0 Å². The molecule has 2 aromatic heterocycles. The maximum absolute atomic E-state index is 5.72. The van der Waals surface area contributed by atoms with E-state index in [1.807, 2.05) is 28.8 Å². The molecule has 3 heterocycles. The summed E-state index contributed by atoms with van der Waals surface area (Å²) in [4.78, 5) is 13.2. The number of hydrogen-bond donors (Lipinski definition) is 3. The molecule has 0 spiro atoms. The number of thiol groups is 1. The van der Waals surface area contributed by atoms with E-state index in [0.29, 0.717) is 22.2 Å². The van der Waals surface area contributed by atoms with Gasteiger partial charge >= 0.3 is 0 Å². The van der Waals surface area contributed by atoms with Gasteiger partial charge in [0.25, 0.3) is 0 Å². The van der Waals surface area contributed by atoms with Gasteiger partial charge in [-0.1, -0.05) is 0 Å². The molecule has 0 bridgehead atoms. The Kier molecular flexibility index (Phi) is 3.55. The number of nitrogens with one attached hydrogen (secondary N) is 1. The molecule has 118 valence electrons. The molecule has 3 aromatic rings. The van der Waals surface area contributed by atoms with Crippen LogP contribution in [0.2, 0.25) is 0 Å². The number of nitrogen functional groups attached to an aromatic ring is 1. The van der Waals surface area contributed by atoms with Crippen LogP contribution in [0.25, 0.3) is 11.2 Å². The summed E-state index contributed by atoms with van der Waals surface area (Å²) in [5, 5.41) is 3.63. The van der Waals surface area contributed by atoms with E-state index in [0.717, 1.165) is 30.8 Å². The van der Waals surface area contributed by atoms with E-state index in [4.69, 9.17) is 10.5 Å². The standard InChI is InChI=1S/C15H16N6OS/c16-9-3-5-10(6-4-9)18-13-12-14(20-15(23)19-13)21(8-17-12)11-2-1-7-22-11/h3-6,8,11H,1-2,7,16H2,(H2,18,19,20,23). The fourth-order valence-corrected chi connectivity index (χ4v) is 2.88. The van der Waals surface area contributed by atoms with Gasteiger partial charge in [0.1, 0.15) is 6.23 Å².